The van der Waals surface area contributed by atoms with E-state index >= 15 is 0 Å². The van der Waals surface area contributed by atoms with Crippen LogP contribution in [0.15, 0.2) is 42.5 Å². The van der Waals surface area contributed by atoms with E-state index < -0.39 is 11.9 Å². The highest BCUT2D eigenvalue weighted by Crippen LogP contribution is 2.26. The second-order valence-electron chi connectivity index (χ2n) is 6.10. The largest absolute Gasteiger partial charge is 0.497 e. The average molecular weight is 434 g/mol. The van der Waals surface area contributed by atoms with Crippen molar-refractivity contribution in [3.05, 3.63) is 48.0 Å². The number of nitrogens with one attached hydrogen (secondary N) is 2. The third-order valence-electron chi connectivity index (χ3n) is 3.99. The molecular formula is C21H26N2O8. The van der Waals surface area contributed by atoms with Gasteiger partial charge in [-0.2, -0.15) is 0 Å². The van der Waals surface area contributed by atoms with Gasteiger partial charge in [-0.3, -0.25) is 4.79 Å². The van der Waals surface area contributed by atoms with E-state index in [9.17, 15) is 4.79 Å². The maximum atomic E-state index is 12.2. The summed E-state index contributed by atoms with van der Waals surface area (Å²) in [6, 6.07) is 12.9. The maximum absolute atomic E-state index is 12.2. The lowest BCUT2D eigenvalue weighted by atomic mass is 10.1. The van der Waals surface area contributed by atoms with Crippen LogP contribution in [0.2, 0.25) is 0 Å². The van der Waals surface area contributed by atoms with Crippen LogP contribution < -0.4 is 24.8 Å². The highest BCUT2D eigenvalue weighted by molar-refractivity contribution is 6.27. The minimum atomic E-state index is -1.82. The third-order valence-corrected chi connectivity index (χ3v) is 3.99. The predicted molar refractivity (Wildman–Crippen MR) is 113 cm³/mol. The van der Waals surface area contributed by atoms with Gasteiger partial charge in [-0.25, -0.2) is 9.59 Å². The lowest BCUT2D eigenvalue weighted by Gasteiger charge is -2.17. The summed E-state index contributed by atoms with van der Waals surface area (Å²) in [5, 5.41) is 20.8. The number of aliphatic carboxylic acids is 2. The number of amides is 1. The fourth-order valence-electron chi connectivity index (χ4n) is 2.46. The summed E-state index contributed by atoms with van der Waals surface area (Å²) in [4.78, 5) is 30.4. The van der Waals surface area contributed by atoms with E-state index in [0.29, 0.717) is 17.2 Å². The summed E-state index contributed by atoms with van der Waals surface area (Å²) in [6.07, 6.45) is 0. The Bertz CT molecular complexity index is 866. The summed E-state index contributed by atoms with van der Waals surface area (Å²) < 4.78 is 15.8. The molecule has 1 atom stereocenters. The highest BCUT2D eigenvalue weighted by atomic mass is 16.5. The van der Waals surface area contributed by atoms with Crippen molar-refractivity contribution < 1.29 is 38.8 Å². The Morgan fingerprint density at radius 2 is 1.45 bits per heavy atom. The highest BCUT2D eigenvalue weighted by Gasteiger charge is 2.12. The Morgan fingerprint density at radius 3 is 1.94 bits per heavy atom. The Hall–Kier alpha value is -3.79. The predicted octanol–water partition coefficient (Wildman–Crippen LogP) is 2.16. The van der Waals surface area contributed by atoms with E-state index in [1.54, 1.807) is 39.5 Å². The number of anilines is 1. The molecule has 0 aromatic heterocycles. The number of ether oxygens (including phenoxy) is 3. The first-order valence-corrected chi connectivity index (χ1v) is 9.07. The number of para-hydroxylation sites is 1. The van der Waals surface area contributed by atoms with E-state index in [1.165, 1.54) is 0 Å². The molecule has 0 aliphatic rings. The fourth-order valence-corrected chi connectivity index (χ4v) is 2.46. The fraction of sp³-hybridized carbons (Fsp3) is 0.286. The SMILES string of the molecule is COc1cc(NC(=O)CNC(C)c2ccccc2OC)cc(OC)c1.O=C(O)C(=O)O. The van der Waals surface area contributed by atoms with Crippen LogP contribution in [0.25, 0.3) is 0 Å². The quantitative estimate of drug-likeness (QED) is 0.459. The molecule has 0 bridgehead atoms. The molecule has 168 valence electrons. The van der Waals surface area contributed by atoms with Gasteiger partial charge in [0.25, 0.3) is 0 Å². The van der Waals surface area contributed by atoms with Gasteiger partial charge in [0.15, 0.2) is 0 Å². The number of rotatable bonds is 8. The first-order chi connectivity index (χ1) is 14.7. The van der Waals surface area contributed by atoms with Crippen molar-refractivity contribution in [2.75, 3.05) is 33.2 Å². The number of carboxylic acids is 2. The van der Waals surface area contributed by atoms with Crippen LogP contribution in [0.5, 0.6) is 17.2 Å². The molecule has 10 heteroatoms. The zero-order valence-electron chi connectivity index (χ0n) is 17.7. The second kappa shape index (κ2) is 12.7. The molecule has 0 fully saturated rings. The molecule has 1 unspecified atom stereocenters. The average Bonchev–Trinajstić information content (AvgIpc) is 2.77. The summed E-state index contributed by atoms with van der Waals surface area (Å²) in [5.74, 6) is -1.78. The van der Waals surface area contributed by atoms with Gasteiger partial charge >= 0.3 is 11.9 Å². The first kappa shape index (κ1) is 25.2. The monoisotopic (exact) mass is 434 g/mol. The Kier molecular flexibility index (Phi) is 10.3. The van der Waals surface area contributed by atoms with E-state index in [-0.39, 0.29) is 18.5 Å². The van der Waals surface area contributed by atoms with Crippen molar-refractivity contribution in [3.63, 3.8) is 0 Å². The summed E-state index contributed by atoms with van der Waals surface area (Å²) in [7, 11) is 4.77. The molecule has 31 heavy (non-hydrogen) atoms. The zero-order chi connectivity index (χ0) is 23.4. The van der Waals surface area contributed by atoms with E-state index in [2.05, 4.69) is 10.6 Å². The molecule has 0 radical (unpaired) electrons. The standard InChI is InChI=1S/C19H24N2O4.C2H2O4/c1-13(17-7-5-6-8-18(17)25-4)20-12-19(22)21-14-9-15(23-2)11-16(10-14)24-3;3-1(4)2(5)6/h5-11,13,20H,12H2,1-4H3,(H,21,22);(H,3,4)(H,5,6). The molecular weight excluding hydrogens is 408 g/mol. The molecule has 4 N–H and O–H groups in total. The van der Waals surface area contributed by atoms with Gasteiger partial charge in [0, 0.05) is 35.5 Å². The van der Waals surface area contributed by atoms with Crippen molar-refractivity contribution in [1.29, 1.82) is 0 Å². The van der Waals surface area contributed by atoms with Crippen LogP contribution in [-0.2, 0) is 14.4 Å². The summed E-state index contributed by atoms with van der Waals surface area (Å²) in [6.45, 7) is 2.15. The number of benzene rings is 2. The van der Waals surface area contributed by atoms with Crippen molar-refractivity contribution in [1.82, 2.24) is 5.32 Å². The number of methoxy groups -OCH3 is 3. The van der Waals surface area contributed by atoms with Crippen molar-refractivity contribution in [2.45, 2.75) is 13.0 Å². The summed E-state index contributed by atoms with van der Waals surface area (Å²) >= 11 is 0. The van der Waals surface area contributed by atoms with Crippen molar-refractivity contribution >= 4 is 23.5 Å². The van der Waals surface area contributed by atoms with Crippen LogP contribution >= 0.6 is 0 Å². The van der Waals surface area contributed by atoms with Gasteiger partial charge in [0.2, 0.25) is 5.91 Å². The Morgan fingerprint density at radius 1 is 0.903 bits per heavy atom. The molecule has 2 rings (SSSR count). The molecule has 0 heterocycles. The molecule has 0 spiro atoms. The van der Waals surface area contributed by atoms with Crippen LogP contribution in [0.4, 0.5) is 5.69 Å². The molecule has 2 aromatic carbocycles. The lowest BCUT2D eigenvalue weighted by Crippen LogP contribution is -2.30. The van der Waals surface area contributed by atoms with Crippen LogP contribution in [0, 0.1) is 0 Å². The number of hydrogen-bond acceptors (Lipinski definition) is 7. The topological polar surface area (TPSA) is 143 Å². The van der Waals surface area contributed by atoms with Gasteiger partial charge in [0.05, 0.1) is 27.9 Å². The number of hydrogen-bond donors (Lipinski definition) is 4. The van der Waals surface area contributed by atoms with Crippen LogP contribution in [0.1, 0.15) is 18.5 Å². The lowest BCUT2D eigenvalue weighted by molar-refractivity contribution is -0.159. The minimum absolute atomic E-state index is 0.0262. The Labute approximate surface area is 179 Å². The van der Waals surface area contributed by atoms with E-state index in [1.807, 2.05) is 31.2 Å². The zero-order valence-corrected chi connectivity index (χ0v) is 17.7. The van der Waals surface area contributed by atoms with Gasteiger partial charge in [-0.15, -0.1) is 0 Å². The number of carbonyl (C=O) groups excluding carboxylic acids is 1. The van der Waals surface area contributed by atoms with Crippen molar-refractivity contribution in [3.8, 4) is 17.2 Å². The second-order valence-corrected chi connectivity index (χ2v) is 6.10. The van der Waals surface area contributed by atoms with Gasteiger partial charge in [-0.05, 0) is 13.0 Å². The third kappa shape index (κ3) is 8.62. The van der Waals surface area contributed by atoms with Gasteiger partial charge < -0.3 is 35.1 Å². The molecule has 10 nitrogen and oxygen atoms in total. The van der Waals surface area contributed by atoms with Crippen LogP contribution in [0.3, 0.4) is 0 Å². The van der Waals surface area contributed by atoms with Gasteiger partial charge in [0.1, 0.15) is 17.2 Å². The molecule has 0 aliphatic carbocycles. The van der Waals surface area contributed by atoms with E-state index in [4.69, 9.17) is 34.0 Å². The molecule has 2 aromatic rings. The number of carboxylic acid groups (broad SMARTS) is 2. The molecule has 0 saturated heterocycles. The van der Waals surface area contributed by atoms with Crippen LogP contribution in [-0.4, -0.2) is 55.9 Å². The number of carbonyl (C=O) groups is 3. The van der Waals surface area contributed by atoms with E-state index in [0.717, 1.165) is 11.3 Å². The summed E-state index contributed by atoms with van der Waals surface area (Å²) in [5.41, 5.74) is 1.62. The first-order valence-electron chi connectivity index (χ1n) is 9.07. The minimum Gasteiger partial charge on any atom is -0.497 e. The molecule has 0 saturated carbocycles. The molecule has 0 aliphatic heterocycles. The smallest absolute Gasteiger partial charge is 0.414 e. The normalized spacial score (nSPS) is 10.7. The molecule has 1 amide bonds. The van der Waals surface area contributed by atoms with Gasteiger partial charge in [-0.1, -0.05) is 18.2 Å². The van der Waals surface area contributed by atoms with Crippen molar-refractivity contribution in [2.24, 2.45) is 0 Å². The Balaban J connectivity index is 0.000000703. The maximum Gasteiger partial charge on any atom is 0.414 e.